The number of nitrogens with zero attached hydrogens (tertiary/aromatic N) is 3. The molecular formula is C16H20Cl2N4. The molecular weight excluding hydrogens is 319 g/mol. The van der Waals surface area contributed by atoms with Gasteiger partial charge in [0.25, 0.3) is 0 Å². The van der Waals surface area contributed by atoms with E-state index in [2.05, 4.69) is 20.2 Å². The van der Waals surface area contributed by atoms with Gasteiger partial charge in [0.2, 0.25) is 0 Å². The number of likely N-dealkylation sites (tertiary alicyclic amines) is 1. The Morgan fingerprint density at radius 3 is 2.68 bits per heavy atom. The molecule has 1 fully saturated rings. The van der Waals surface area contributed by atoms with Gasteiger partial charge in [-0.1, -0.05) is 30.1 Å². The molecule has 1 saturated heterocycles. The molecule has 6 heteroatoms. The molecule has 0 saturated carbocycles. The lowest BCUT2D eigenvalue weighted by atomic mass is 10.2. The van der Waals surface area contributed by atoms with E-state index in [0.717, 1.165) is 42.1 Å². The lowest BCUT2D eigenvalue weighted by Crippen LogP contribution is -2.26. The first-order chi connectivity index (χ1) is 10.7. The highest BCUT2D eigenvalue weighted by molar-refractivity contribution is 6.38. The van der Waals surface area contributed by atoms with E-state index >= 15 is 0 Å². The third-order valence-corrected chi connectivity index (χ3v) is 4.51. The third-order valence-electron chi connectivity index (χ3n) is 4.00. The van der Waals surface area contributed by atoms with Crippen molar-refractivity contribution < 1.29 is 0 Å². The quantitative estimate of drug-likeness (QED) is 0.894. The topological polar surface area (TPSA) is 41.1 Å². The number of hydrogen-bond donors (Lipinski definition) is 1. The maximum atomic E-state index is 6.29. The van der Waals surface area contributed by atoms with Crippen LogP contribution in [0.1, 0.15) is 25.6 Å². The van der Waals surface area contributed by atoms with Crippen molar-refractivity contribution in [3.05, 3.63) is 28.0 Å². The third kappa shape index (κ3) is 3.45. The summed E-state index contributed by atoms with van der Waals surface area (Å²) in [5.41, 5.74) is 0.765. The molecule has 3 rings (SSSR count). The van der Waals surface area contributed by atoms with Crippen LogP contribution in [-0.2, 0) is 6.42 Å². The van der Waals surface area contributed by atoms with Crippen LogP contribution in [0.5, 0.6) is 0 Å². The Morgan fingerprint density at radius 1 is 1.18 bits per heavy atom. The van der Waals surface area contributed by atoms with E-state index in [9.17, 15) is 0 Å². The molecule has 118 valence electrons. The van der Waals surface area contributed by atoms with Crippen molar-refractivity contribution in [3.63, 3.8) is 0 Å². The Balaban J connectivity index is 1.85. The number of rotatable bonds is 5. The van der Waals surface area contributed by atoms with Gasteiger partial charge in [-0.15, -0.1) is 0 Å². The number of fused-ring (bicyclic) bond motifs is 1. The fraction of sp³-hybridized carbons (Fsp3) is 0.500. The monoisotopic (exact) mass is 338 g/mol. The van der Waals surface area contributed by atoms with Crippen molar-refractivity contribution in [3.8, 4) is 0 Å². The summed E-state index contributed by atoms with van der Waals surface area (Å²) in [5.74, 6) is 1.62. The van der Waals surface area contributed by atoms with E-state index in [1.807, 2.05) is 13.0 Å². The van der Waals surface area contributed by atoms with Crippen LogP contribution in [0.2, 0.25) is 10.0 Å². The number of aryl methyl sites for hydroxylation is 1. The SMILES string of the molecule is CCc1nc(NCCN2CCCC2)c2cc(Cl)cc(Cl)c2n1. The minimum Gasteiger partial charge on any atom is -0.368 e. The Morgan fingerprint density at radius 2 is 1.95 bits per heavy atom. The Kier molecular flexibility index (Phi) is 5.01. The molecule has 1 aromatic carbocycles. The minimum absolute atomic E-state index is 0.571. The van der Waals surface area contributed by atoms with Crippen molar-refractivity contribution in [2.24, 2.45) is 0 Å². The molecule has 0 amide bonds. The van der Waals surface area contributed by atoms with Crippen LogP contribution in [0.4, 0.5) is 5.82 Å². The van der Waals surface area contributed by atoms with Gasteiger partial charge >= 0.3 is 0 Å². The van der Waals surface area contributed by atoms with E-state index in [1.165, 1.54) is 25.9 Å². The first kappa shape index (κ1) is 15.8. The predicted octanol–water partition coefficient (Wildman–Crippen LogP) is 4.01. The van der Waals surface area contributed by atoms with Gasteiger partial charge in [-0.25, -0.2) is 9.97 Å². The van der Waals surface area contributed by atoms with Crippen LogP contribution in [0.15, 0.2) is 12.1 Å². The zero-order valence-electron chi connectivity index (χ0n) is 12.7. The largest absolute Gasteiger partial charge is 0.368 e. The zero-order valence-corrected chi connectivity index (χ0v) is 14.2. The Labute approximate surface area is 140 Å². The summed E-state index contributed by atoms with van der Waals surface area (Å²) in [4.78, 5) is 11.6. The van der Waals surface area contributed by atoms with Gasteiger partial charge in [0.05, 0.1) is 10.5 Å². The van der Waals surface area contributed by atoms with E-state index in [4.69, 9.17) is 23.2 Å². The molecule has 1 aromatic heterocycles. The average molecular weight is 339 g/mol. The van der Waals surface area contributed by atoms with Gasteiger partial charge in [0.1, 0.15) is 11.6 Å². The number of anilines is 1. The zero-order chi connectivity index (χ0) is 15.5. The van der Waals surface area contributed by atoms with Crippen molar-refractivity contribution in [1.82, 2.24) is 14.9 Å². The average Bonchev–Trinajstić information content (AvgIpc) is 3.01. The van der Waals surface area contributed by atoms with Crippen molar-refractivity contribution >= 4 is 39.9 Å². The second-order valence-corrected chi connectivity index (χ2v) is 6.44. The molecule has 22 heavy (non-hydrogen) atoms. The normalized spacial score (nSPS) is 15.6. The maximum Gasteiger partial charge on any atom is 0.137 e. The van der Waals surface area contributed by atoms with Gasteiger partial charge in [0.15, 0.2) is 0 Å². The van der Waals surface area contributed by atoms with E-state index in [1.54, 1.807) is 6.07 Å². The summed E-state index contributed by atoms with van der Waals surface area (Å²) in [6, 6.07) is 3.60. The summed E-state index contributed by atoms with van der Waals surface area (Å²) in [6.07, 6.45) is 3.39. The molecule has 1 N–H and O–H groups in total. The minimum atomic E-state index is 0.571. The van der Waals surface area contributed by atoms with Crippen molar-refractivity contribution in [2.45, 2.75) is 26.2 Å². The highest BCUT2D eigenvalue weighted by Gasteiger charge is 2.13. The number of nitrogens with one attached hydrogen (secondary N) is 1. The first-order valence-corrected chi connectivity index (χ1v) is 8.55. The smallest absolute Gasteiger partial charge is 0.137 e. The summed E-state index contributed by atoms with van der Waals surface area (Å²) >= 11 is 12.4. The predicted molar refractivity (Wildman–Crippen MR) is 93.1 cm³/mol. The standard InChI is InChI=1S/C16H20Cl2N4/c1-2-14-20-15-12(9-11(17)10-13(15)18)16(21-14)19-5-8-22-6-3-4-7-22/h9-10H,2-8H2,1H3,(H,19,20,21). The number of benzene rings is 1. The fourth-order valence-corrected chi connectivity index (χ4v) is 3.37. The molecule has 1 aliphatic rings. The summed E-state index contributed by atoms with van der Waals surface area (Å²) in [6.45, 7) is 6.33. The second kappa shape index (κ2) is 6.99. The van der Waals surface area contributed by atoms with Gasteiger partial charge in [0, 0.05) is 29.9 Å². The summed E-state index contributed by atoms with van der Waals surface area (Å²) in [7, 11) is 0. The maximum absolute atomic E-state index is 6.29. The molecule has 2 aromatic rings. The number of hydrogen-bond acceptors (Lipinski definition) is 4. The van der Waals surface area contributed by atoms with Crippen LogP contribution >= 0.6 is 23.2 Å². The number of halogens is 2. The van der Waals surface area contributed by atoms with Gasteiger partial charge in [-0.2, -0.15) is 0 Å². The summed E-state index contributed by atoms with van der Waals surface area (Å²) in [5, 5.41) is 5.49. The van der Waals surface area contributed by atoms with E-state index < -0.39 is 0 Å². The van der Waals surface area contributed by atoms with Crippen LogP contribution in [-0.4, -0.2) is 41.0 Å². The van der Waals surface area contributed by atoms with Crippen LogP contribution in [0.25, 0.3) is 10.9 Å². The molecule has 0 radical (unpaired) electrons. The van der Waals surface area contributed by atoms with Gasteiger partial charge in [-0.3, -0.25) is 0 Å². The fourth-order valence-electron chi connectivity index (χ4n) is 2.83. The first-order valence-electron chi connectivity index (χ1n) is 7.79. The lowest BCUT2D eigenvalue weighted by molar-refractivity contribution is 0.352. The molecule has 0 unspecified atom stereocenters. The van der Waals surface area contributed by atoms with Gasteiger partial charge in [-0.05, 0) is 38.1 Å². The molecule has 2 heterocycles. The van der Waals surface area contributed by atoms with Crippen molar-refractivity contribution in [1.29, 1.82) is 0 Å². The van der Waals surface area contributed by atoms with Gasteiger partial charge < -0.3 is 10.2 Å². The van der Waals surface area contributed by atoms with Crippen LogP contribution < -0.4 is 5.32 Å². The molecule has 0 spiro atoms. The van der Waals surface area contributed by atoms with E-state index in [0.29, 0.717) is 10.0 Å². The molecule has 0 aliphatic carbocycles. The molecule has 0 bridgehead atoms. The Bertz CT molecular complexity index is 669. The highest BCUT2D eigenvalue weighted by atomic mass is 35.5. The summed E-state index contributed by atoms with van der Waals surface area (Å²) < 4.78 is 0. The van der Waals surface area contributed by atoms with Crippen LogP contribution in [0.3, 0.4) is 0 Å². The molecule has 0 atom stereocenters. The van der Waals surface area contributed by atoms with Crippen molar-refractivity contribution in [2.75, 3.05) is 31.5 Å². The number of aromatic nitrogens is 2. The highest BCUT2D eigenvalue weighted by Crippen LogP contribution is 2.30. The lowest BCUT2D eigenvalue weighted by Gasteiger charge is -2.16. The Hall–Kier alpha value is -1.10. The molecule has 4 nitrogen and oxygen atoms in total. The second-order valence-electron chi connectivity index (χ2n) is 5.60. The molecule has 1 aliphatic heterocycles. The van der Waals surface area contributed by atoms with E-state index in [-0.39, 0.29) is 0 Å². The van der Waals surface area contributed by atoms with Crippen LogP contribution in [0, 0.1) is 0 Å².